The molecule has 0 bridgehead atoms. The van der Waals surface area contributed by atoms with E-state index in [1.165, 1.54) is 12.6 Å². The number of sulfonamides is 1. The Balaban J connectivity index is 2.49. The molecule has 19 heavy (non-hydrogen) atoms. The molecule has 0 saturated carbocycles. The fourth-order valence-corrected chi connectivity index (χ4v) is 3.10. The second-order valence-corrected chi connectivity index (χ2v) is 5.91. The molecule has 2 heterocycles. The minimum absolute atomic E-state index is 0.135. The molecule has 2 rings (SSSR count). The number of nitrogens with one attached hydrogen (secondary N) is 1. The van der Waals surface area contributed by atoms with Crippen molar-refractivity contribution in [2.75, 3.05) is 0 Å². The highest BCUT2D eigenvalue weighted by molar-refractivity contribution is 7.89. The minimum atomic E-state index is -3.70. The average molecular weight is 284 g/mol. The molecule has 0 aromatic carbocycles. The van der Waals surface area contributed by atoms with Gasteiger partial charge in [-0.2, -0.15) is 5.10 Å². The fraction of sp³-hybridized carbons (Fsp3) is 0.455. The third-order valence-electron chi connectivity index (χ3n) is 2.42. The van der Waals surface area contributed by atoms with Gasteiger partial charge in [-0.15, -0.1) is 0 Å². The maximum absolute atomic E-state index is 12.2. The normalized spacial score (nSPS) is 12.2. The molecule has 7 nitrogen and oxygen atoms in total. The van der Waals surface area contributed by atoms with Crippen LogP contribution in [0, 0.1) is 0 Å². The van der Waals surface area contributed by atoms with E-state index in [1.807, 2.05) is 6.92 Å². The molecule has 0 aliphatic carbocycles. The molecular formula is C11H16N4O3S. The lowest BCUT2D eigenvalue weighted by molar-refractivity contribution is 0.444. The van der Waals surface area contributed by atoms with Gasteiger partial charge in [-0.1, -0.05) is 0 Å². The van der Waals surface area contributed by atoms with E-state index in [-0.39, 0.29) is 11.1 Å². The molecule has 0 fully saturated rings. The number of aryl methyl sites for hydroxylation is 1. The molecule has 2 aromatic heterocycles. The number of furan rings is 1. The monoisotopic (exact) mass is 284 g/mol. The van der Waals surface area contributed by atoms with Crippen molar-refractivity contribution in [2.24, 2.45) is 0 Å². The highest BCUT2D eigenvalue weighted by Gasteiger charge is 2.26. The van der Waals surface area contributed by atoms with Crippen molar-refractivity contribution in [3.05, 3.63) is 18.7 Å². The summed E-state index contributed by atoms with van der Waals surface area (Å²) in [5.74, 6) is 0.473. The van der Waals surface area contributed by atoms with Gasteiger partial charge in [0.05, 0.1) is 11.8 Å². The second-order valence-electron chi connectivity index (χ2n) is 4.30. The van der Waals surface area contributed by atoms with Gasteiger partial charge < -0.3 is 4.42 Å². The summed E-state index contributed by atoms with van der Waals surface area (Å²) in [4.78, 5) is 4.08. The van der Waals surface area contributed by atoms with E-state index in [4.69, 9.17) is 4.42 Å². The summed E-state index contributed by atoms with van der Waals surface area (Å²) in [5.41, 5.74) is 0.410. The van der Waals surface area contributed by atoms with Crippen molar-refractivity contribution < 1.29 is 12.8 Å². The van der Waals surface area contributed by atoms with Crippen LogP contribution in [0.2, 0.25) is 0 Å². The Hall–Kier alpha value is -1.67. The molecule has 0 aliphatic heterocycles. The van der Waals surface area contributed by atoms with Gasteiger partial charge in [0.1, 0.15) is 6.33 Å². The van der Waals surface area contributed by atoms with Gasteiger partial charge in [-0.05, 0) is 26.8 Å². The zero-order chi connectivity index (χ0) is 14.0. The summed E-state index contributed by atoms with van der Waals surface area (Å²) >= 11 is 0. The zero-order valence-corrected chi connectivity index (χ0v) is 11.8. The predicted molar refractivity (Wildman–Crippen MR) is 68.9 cm³/mol. The lowest BCUT2D eigenvalue weighted by atomic mass is 10.3. The van der Waals surface area contributed by atoms with Crippen LogP contribution in [0.3, 0.4) is 0 Å². The number of nitrogens with zero attached hydrogens (tertiary/aromatic N) is 3. The van der Waals surface area contributed by atoms with Crippen molar-refractivity contribution >= 4 is 10.0 Å². The molecule has 104 valence electrons. The van der Waals surface area contributed by atoms with Crippen LogP contribution in [0.25, 0.3) is 11.4 Å². The number of aromatic nitrogens is 3. The van der Waals surface area contributed by atoms with Gasteiger partial charge in [0.2, 0.25) is 5.09 Å². The largest absolute Gasteiger partial charge is 0.451 e. The second kappa shape index (κ2) is 5.14. The van der Waals surface area contributed by atoms with Crippen LogP contribution in [0.4, 0.5) is 0 Å². The first-order valence-corrected chi connectivity index (χ1v) is 7.42. The molecule has 0 unspecified atom stereocenters. The summed E-state index contributed by atoms with van der Waals surface area (Å²) in [6, 6.07) is 1.36. The molecule has 0 radical (unpaired) electrons. The summed E-state index contributed by atoms with van der Waals surface area (Å²) in [6.45, 7) is 5.99. The molecule has 2 aromatic rings. The SMILES string of the molecule is CCn1ncnc1-c1ccoc1S(=O)(=O)NC(C)C. The third kappa shape index (κ3) is 2.69. The van der Waals surface area contributed by atoms with Crippen LogP contribution in [-0.2, 0) is 16.6 Å². The van der Waals surface area contributed by atoms with E-state index in [0.29, 0.717) is 17.9 Å². The molecule has 0 saturated heterocycles. The molecule has 0 aliphatic rings. The maximum atomic E-state index is 12.2. The van der Waals surface area contributed by atoms with E-state index in [2.05, 4.69) is 14.8 Å². The van der Waals surface area contributed by atoms with Crippen molar-refractivity contribution in [3.8, 4) is 11.4 Å². The van der Waals surface area contributed by atoms with Crippen LogP contribution in [0.1, 0.15) is 20.8 Å². The Morgan fingerprint density at radius 2 is 2.21 bits per heavy atom. The van der Waals surface area contributed by atoms with Crippen LogP contribution >= 0.6 is 0 Å². The van der Waals surface area contributed by atoms with Gasteiger partial charge in [-0.3, -0.25) is 0 Å². The van der Waals surface area contributed by atoms with E-state index >= 15 is 0 Å². The zero-order valence-electron chi connectivity index (χ0n) is 11.0. The molecule has 0 amide bonds. The topological polar surface area (TPSA) is 90.0 Å². The van der Waals surface area contributed by atoms with Crippen molar-refractivity contribution in [1.82, 2.24) is 19.5 Å². The summed E-state index contributed by atoms with van der Waals surface area (Å²) in [7, 11) is -3.70. The standard InChI is InChI=1S/C11H16N4O3S/c1-4-15-10(12-7-13-15)9-5-6-18-11(9)19(16,17)14-8(2)3/h5-8,14H,4H2,1-3H3. The van der Waals surface area contributed by atoms with E-state index in [1.54, 1.807) is 24.6 Å². The number of hydrogen-bond acceptors (Lipinski definition) is 5. The molecule has 0 atom stereocenters. The molecule has 0 spiro atoms. The van der Waals surface area contributed by atoms with Crippen LogP contribution in [-0.4, -0.2) is 29.2 Å². The van der Waals surface area contributed by atoms with Gasteiger partial charge in [0.15, 0.2) is 5.82 Å². The van der Waals surface area contributed by atoms with Crippen LogP contribution in [0.5, 0.6) is 0 Å². The van der Waals surface area contributed by atoms with Crippen LogP contribution in [0.15, 0.2) is 28.2 Å². The highest BCUT2D eigenvalue weighted by atomic mass is 32.2. The lowest BCUT2D eigenvalue weighted by Gasteiger charge is -2.09. The predicted octanol–water partition coefficient (Wildman–Crippen LogP) is 1.24. The summed E-state index contributed by atoms with van der Waals surface area (Å²) in [5, 5.41) is 3.89. The minimum Gasteiger partial charge on any atom is -0.451 e. The Bertz CT molecular complexity index is 657. The van der Waals surface area contributed by atoms with E-state index < -0.39 is 10.0 Å². The van der Waals surface area contributed by atoms with Gasteiger partial charge >= 0.3 is 0 Å². The van der Waals surface area contributed by atoms with Gasteiger partial charge in [0, 0.05) is 12.6 Å². The van der Waals surface area contributed by atoms with Crippen molar-refractivity contribution in [1.29, 1.82) is 0 Å². The van der Waals surface area contributed by atoms with Gasteiger partial charge in [0.25, 0.3) is 10.0 Å². The van der Waals surface area contributed by atoms with E-state index in [9.17, 15) is 8.42 Å². The molecular weight excluding hydrogens is 268 g/mol. The van der Waals surface area contributed by atoms with Crippen LogP contribution < -0.4 is 4.72 Å². The first-order valence-electron chi connectivity index (χ1n) is 5.93. The quantitative estimate of drug-likeness (QED) is 0.892. The maximum Gasteiger partial charge on any atom is 0.274 e. The third-order valence-corrected chi connectivity index (χ3v) is 4.01. The summed E-state index contributed by atoms with van der Waals surface area (Å²) in [6.07, 6.45) is 2.72. The summed E-state index contributed by atoms with van der Waals surface area (Å²) < 4.78 is 33.5. The first-order chi connectivity index (χ1) is 8.95. The number of rotatable bonds is 5. The molecule has 8 heteroatoms. The van der Waals surface area contributed by atoms with Crippen molar-refractivity contribution in [3.63, 3.8) is 0 Å². The van der Waals surface area contributed by atoms with Gasteiger partial charge in [-0.25, -0.2) is 22.8 Å². The Morgan fingerprint density at radius 1 is 1.47 bits per heavy atom. The fourth-order valence-electron chi connectivity index (χ4n) is 1.74. The number of hydrogen-bond donors (Lipinski definition) is 1. The molecule has 1 N–H and O–H groups in total. The highest BCUT2D eigenvalue weighted by Crippen LogP contribution is 2.26. The average Bonchev–Trinajstić information content (AvgIpc) is 2.95. The Kier molecular flexibility index (Phi) is 3.72. The van der Waals surface area contributed by atoms with Crippen molar-refractivity contribution in [2.45, 2.75) is 38.5 Å². The van der Waals surface area contributed by atoms with E-state index in [0.717, 1.165) is 0 Å². The first kappa shape index (κ1) is 13.8. The smallest absolute Gasteiger partial charge is 0.274 e. The Labute approximate surface area is 111 Å². The lowest BCUT2D eigenvalue weighted by Crippen LogP contribution is -2.30. The Morgan fingerprint density at radius 3 is 2.84 bits per heavy atom.